The number of nitrogen functional groups attached to an aromatic ring is 1. The van der Waals surface area contributed by atoms with Gasteiger partial charge in [0.15, 0.2) is 11.5 Å². The molecule has 1 aliphatic heterocycles. The van der Waals surface area contributed by atoms with Gasteiger partial charge in [0.05, 0.1) is 28.7 Å². The number of nitrogens with two attached hydrogens (primary N) is 2. The number of amidine groups is 2. The normalized spacial score (nSPS) is 14.2. The minimum atomic E-state index is -4.41. The number of primary amides is 1. The highest BCUT2D eigenvalue weighted by molar-refractivity contribution is 7.93. The van der Waals surface area contributed by atoms with Gasteiger partial charge in [0.1, 0.15) is 11.9 Å². The van der Waals surface area contributed by atoms with Crippen molar-refractivity contribution in [3.05, 3.63) is 64.2 Å². The largest absolute Gasteiger partial charge is 0.488 e. The fourth-order valence-electron chi connectivity index (χ4n) is 4.21. The van der Waals surface area contributed by atoms with Crippen LogP contribution in [-0.4, -0.2) is 73.5 Å². The van der Waals surface area contributed by atoms with Crippen LogP contribution in [0.4, 0.5) is 5.69 Å². The SMILES string of the molecule is CC(=N)N1CCC(Oc2c(Cl)cc(N(CC=Cc3cccc(C(=N)N)c3)S(=O)(=O)CC(=O)O)cc2C(N)=O)CC1. The van der Waals surface area contributed by atoms with Gasteiger partial charge in [-0.1, -0.05) is 42.0 Å². The Hall–Kier alpha value is -4.10. The van der Waals surface area contributed by atoms with Crippen LogP contribution in [0.25, 0.3) is 6.08 Å². The highest BCUT2D eigenvalue weighted by Crippen LogP contribution is 2.36. The number of carbonyl (C=O) groups excluding carboxylic acids is 1. The predicted octanol–water partition coefficient (Wildman–Crippen LogP) is 2.50. The number of likely N-dealkylation sites (tertiary alicyclic amines) is 1. The van der Waals surface area contributed by atoms with Crippen molar-refractivity contribution in [2.24, 2.45) is 11.5 Å². The molecule has 0 spiro atoms. The van der Waals surface area contributed by atoms with Crippen LogP contribution < -0.4 is 20.5 Å². The number of nitrogens with zero attached hydrogens (tertiary/aromatic N) is 2. The lowest BCUT2D eigenvalue weighted by atomic mass is 10.1. The van der Waals surface area contributed by atoms with E-state index in [-0.39, 0.29) is 40.5 Å². The zero-order valence-electron chi connectivity index (χ0n) is 21.8. The molecule has 214 valence electrons. The molecule has 0 bridgehead atoms. The average Bonchev–Trinajstić information content (AvgIpc) is 2.87. The summed E-state index contributed by atoms with van der Waals surface area (Å²) in [6.45, 7) is 2.58. The molecular weight excluding hydrogens is 560 g/mol. The first-order chi connectivity index (χ1) is 18.8. The van der Waals surface area contributed by atoms with Gasteiger partial charge >= 0.3 is 5.97 Å². The van der Waals surface area contributed by atoms with E-state index in [1.807, 2.05) is 4.90 Å². The number of rotatable bonds is 11. The Bertz CT molecular complexity index is 1450. The van der Waals surface area contributed by atoms with Crippen LogP contribution in [-0.2, 0) is 14.8 Å². The van der Waals surface area contributed by atoms with E-state index < -0.39 is 27.7 Å². The minimum absolute atomic E-state index is 0.00936. The molecule has 1 amide bonds. The second-order valence-corrected chi connectivity index (χ2v) is 11.5. The zero-order valence-corrected chi connectivity index (χ0v) is 23.3. The molecule has 0 aliphatic carbocycles. The molecule has 0 unspecified atom stereocenters. The molecule has 1 heterocycles. The van der Waals surface area contributed by atoms with Crippen LogP contribution in [0.5, 0.6) is 5.75 Å². The number of sulfonamides is 1. The maximum absolute atomic E-state index is 13.1. The number of ether oxygens (including phenoxy) is 1. The third kappa shape index (κ3) is 7.73. The highest BCUT2D eigenvalue weighted by Gasteiger charge is 2.29. The summed E-state index contributed by atoms with van der Waals surface area (Å²) in [5.74, 6) is -3.34. The van der Waals surface area contributed by atoms with Gasteiger partial charge in [0.25, 0.3) is 5.91 Å². The van der Waals surface area contributed by atoms with Gasteiger partial charge in [0, 0.05) is 31.5 Å². The van der Waals surface area contributed by atoms with Crippen molar-refractivity contribution in [2.45, 2.75) is 25.9 Å². The number of piperidine rings is 1. The van der Waals surface area contributed by atoms with Crippen LogP contribution in [0.2, 0.25) is 5.02 Å². The van der Waals surface area contributed by atoms with Crippen molar-refractivity contribution < 1.29 is 27.9 Å². The predicted molar refractivity (Wildman–Crippen MR) is 154 cm³/mol. The van der Waals surface area contributed by atoms with Gasteiger partial charge in [-0.3, -0.25) is 24.7 Å². The van der Waals surface area contributed by atoms with E-state index in [9.17, 15) is 23.1 Å². The highest BCUT2D eigenvalue weighted by atomic mass is 35.5. The average molecular weight is 591 g/mol. The Kier molecular flexibility index (Phi) is 9.77. The topological polar surface area (TPSA) is 204 Å². The molecule has 2 aromatic carbocycles. The van der Waals surface area contributed by atoms with Crippen LogP contribution in [0.1, 0.15) is 41.3 Å². The van der Waals surface area contributed by atoms with E-state index in [2.05, 4.69) is 0 Å². The molecule has 2 aromatic rings. The number of nitrogens with one attached hydrogen (secondary N) is 2. The summed E-state index contributed by atoms with van der Waals surface area (Å²) >= 11 is 6.49. The fourth-order valence-corrected chi connectivity index (χ4v) is 5.68. The monoisotopic (exact) mass is 590 g/mol. The number of benzene rings is 2. The fraction of sp³-hybridized carbons (Fsp3) is 0.308. The lowest BCUT2D eigenvalue weighted by molar-refractivity contribution is -0.134. The Morgan fingerprint density at radius 2 is 1.88 bits per heavy atom. The summed E-state index contributed by atoms with van der Waals surface area (Å²) in [5, 5.41) is 24.5. The first-order valence-electron chi connectivity index (χ1n) is 12.2. The molecular formula is C26H31ClN6O6S. The van der Waals surface area contributed by atoms with Crippen molar-refractivity contribution in [3.8, 4) is 5.75 Å². The van der Waals surface area contributed by atoms with E-state index in [1.54, 1.807) is 37.3 Å². The number of hydrogen-bond acceptors (Lipinski definition) is 7. The van der Waals surface area contributed by atoms with E-state index in [1.165, 1.54) is 18.2 Å². The van der Waals surface area contributed by atoms with Crippen LogP contribution in [0, 0.1) is 10.8 Å². The minimum Gasteiger partial charge on any atom is -0.488 e. The van der Waals surface area contributed by atoms with Crippen molar-refractivity contribution in [1.82, 2.24) is 4.90 Å². The second kappa shape index (κ2) is 12.8. The standard InChI is InChI=1S/C26H31ClN6O6S/c1-16(28)32-10-7-20(8-11-32)39-24-21(26(31)36)13-19(14-22(24)27)33(40(37,38)15-23(34)35)9-3-5-17-4-2-6-18(12-17)25(29)30/h2-6,12-14,20,28H,7-11,15H2,1H3,(H3,29,30)(H2,31,36)(H,34,35). The molecule has 1 fully saturated rings. The Morgan fingerprint density at radius 1 is 1.20 bits per heavy atom. The summed E-state index contributed by atoms with van der Waals surface area (Å²) in [5.41, 5.74) is 12.0. The number of carbonyl (C=O) groups is 2. The quantitative estimate of drug-likeness (QED) is 0.194. The van der Waals surface area contributed by atoms with Gasteiger partial charge in [-0.25, -0.2) is 8.42 Å². The van der Waals surface area contributed by atoms with Crippen molar-refractivity contribution in [1.29, 1.82) is 10.8 Å². The number of anilines is 1. The Labute approximate surface area is 237 Å². The molecule has 7 N–H and O–H groups in total. The Morgan fingerprint density at radius 3 is 2.45 bits per heavy atom. The Balaban J connectivity index is 1.95. The second-order valence-electron chi connectivity index (χ2n) is 9.18. The van der Waals surface area contributed by atoms with Crippen LogP contribution in [0.3, 0.4) is 0 Å². The number of amides is 1. The first kappa shape index (κ1) is 30.4. The van der Waals surface area contributed by atoms with Crippen molar-refractivity contribution >= 4 is 56.9 Å². The van der Waals surface area contributed by atoms with Crippen LogP contribution >= 0.6 is 11.6 Å². The molecule has 12 nitrogen and oxygen atoms in total. The molecule has 1 aliphatic rings. The molecule has 0 radical (unpaired) electrons. The summed E-state index contributed by atoms with van der Waals surface area (Å²) in [6, 6.07) is 9.19. The lowest BCUT2D eigenvalue weighted by Gasteiger charge is -2.33. The third-order valence-corrected chi connectivity index (χ3v) is 8.13. The lowest BCUT2D eigenvalue weighted by Crippen LogP contribution is -2.40. The number of halogens is 1. The van der Waals surface area contributed by atoms with Gasteiger partial charge < -0.3 is 26.2 Å². The van der Waals surface area contributed by atoms with Gasteiger partial charge in [-0.2, -0.15) is 0 Å². The molecule has 40 heavy (non-hydrogen) atoms. The van der Waals surface area contributed by atoms with E-state index in [4.69, 9.17) is 38.6 Å². The number of carboxylic acid groups (broad SMARTS) is 1. The van der Waals surface area contributed by atoms with E-state index in [0.717, 1.165) is 4.31 Å². The van der Waals surface area contributed by atoms with Gasteiger partial charge in [0.2, 0.25) is 10.0 Å². The molecule has 14 heteroatoms. The smallest absolute Gasteiger partial charge is 0.320 e. The van der Waals surface area contributed by atoms with Gasteiger partial charge in [-0.05, 0) is 30.7 Å². The first-order valence-corrected chi connectivity index (χ1v) is 14.2. The molecule has 1 saturated heterocycles. The maximum atomic E-state index is 13.1. The van der Waals surface area contributed by atoms with Gasteiger partial charge in [-0.15, -0.1) is 0 Å². The third-order valence-electron chi connectivity index (χ3n) is 6.20. The van der Waals surface area contributed by atoms with Crippen LogP contribution in [0.15, 0.2) is 42.5 Å². The number of carboxylic acids is 1. The molecule has 0 aromatic heterocycles. The summed E-state index contributed by atoms with van der Waals surface area (Å²) in [7, 11) is -4.41. The summed E-state index contributed by atoms with van der Waals surface area (Å²) < 4.78 is 33.0. The summed E-state index contributed by atoms with van der Waals surface area (Å²) in [6.07, 6.45) is 3.91. The molecule has 0 saturated carbocycles. The van der Waals surface area contributed by atoms with E-state index in [0.29, 0.717) is 42.9 Å². The zero-order chi connectivity index (χ0) is 29.6. The molecule has 0 atom stereocenters. The number of aliphatic carboxylic acids is 1. The maximum Gasteiger partial charge on any atom is 0.320 e. The summed E-state index contributed by atoms with van der Waals surface area (Å²) in [4.78, 5) is 25.6. The van der Waals surface area contributed by atoms with E-state index >= 15 is 0 Å². The molecule has 3 rings (SSSR count). The van der Waals surface area contributed by atoms with Crippen molar-refractivity contribution in [3.63, 3.8) is 0 Å². The number of hydrogen-bond donors (Lipinski definition) is 5. The van der Waals surface area contributed by atoms with Crippen molar-refractivity contribution in [2.75, 3.05) is 29.7 Å².